The van der Waals surface area contributed by atoms with E-state index in [9.17, 15) is 0 Å². The van der Waals surface area contributed by atoms with Crippen molar-refractivity contribution in [2.75, 3.05) is 0 Å². The molecule has 26 heavy (non-hydrogen) atoms. The van der Waals surface area contributed by atoms with Gasteiger partial charge in [0, 0.05) is 17.6 Å². The molecule has 0 aliphatic carbocycles. The zero-order valence-corrected chi connectivity index (χ0v) is 19.3. The number of hydrogen-bond donors (Lipinski definition) is 2. The molecule has 2 N–H and O–H groups in total. The summed E-state index contributed by atoms with van der Waals surface area (Å²) in [6, 6.07) is 0. The fraction of sp³-hybridized carbons (Fsp3) is 0.250. The first-order chi connectivity index (χ1) is 12.2. The van der Waals surface area contributed by atoms with Crippen LogP contribution < -0.4 is 5.15 Å². The van der Waals surface area contributed by atoms with Gasteiger partial charge in [0.1, 0.15) is 10.4 Å². The van der Waals surface area contributed by atoms with Crippen LogP contribution in [0.15, 0.2) is 29.1 Å². The van der Waals surface area contributed by atoms with Crippen LogP contribution in [0.1, 0.15) is 25.3 Å². The minimum atomic E-state index is -1.54. The zero-order chi connectivity index (χ0) is 20.8. The number of nitrogens with one attached hydrogen (secondary N) is 1. The normalized spacial score (nSPS) is 8.85. The Morgan fingerprint density at radius 1 is 1.15 bits per heavy atom. The highest BCUT2D eigenvalue weighted by Gasteiger charge is 2.15. The summed E-state index contributed by atoms with van der Waals surface area (Å²) in [6.45, 7) is 14.0. The van der Waals surface area contributed by atoms with E-state index in [0.717, 1.165) is 5.57 Å². The smallest absolute Gasteiger partial charge is 0.244 e. The van der Waals surface area contributed by atoms with Gasteiger partial charge in [-0.3, -0.25) is 0 Å². The Labute approximate surface area is 174 Å². The Morgan fingerprint density at radius 2 is 1.54 bits per heavy atom. The first kappa shape index (κ1) is 27.9. The summed E-state index contributed by atoms with van der Waals surface area (Å²) in [5, 5.41) is 9.27. The topological polar surface area (TPSA) is 53.9 Å². The lowest BCUT2D eigenvalue weighted by atomic mass is 10.3. The van der Waals surface area contributed by atoms with Gasteiger partial charge in [0.25, 0.3) is 0 Å². The summed E-state index contributed by atoms with van der Waals surface area (Å²) in [5.74, 6) is 18.9. The van der Waals surface area contributed by atoms with Crippen molar-refractivity contribution in [1.29, 1.82) is 0 Å². The molecule has 0 aliphatic rings. The van der Waals surface area contributed by atoms with Crippen molar-refractivity contribution < 1.29 is 21.0 Å². The molecule has 0 aliphatic heterocycles. The van der Waals surface area contributed by atoms with E-state index in [4.69, 9.17) is 22.5 Å². The molecule has 0 spiro atoms. The highest BCUT2D eigenvalue weighted by Crippen LogP contribution is 2.09. The van der Waals surface area contributed by atoms with Crippen LogP contribution in [0.3, 0.4) is 0 Å². The molecule has 0 aromatic carbocycles. The van der Waals surface area contributed by atoms with Crippen LogP contribution in [0.25, 0.3) is 0 Å². The predicted molar refractivity (Wildman–Crippen MR) is 134 cm³/mol. The number of hydrogen-bond acceptors (Lipinski definition) is 4. The van der Waals surface area contributed by atoms with Crippen molar-refractivity contribution >= 4 is 24.9 Å². The van der Waals surface area contributed by atoms with E-state index in [1.54, 1.807) is 6.21 Å². The number of rotatable bonds is 4. The fourth-order valence-corrected chi connectivity index (χ4v) is 1.58. The van der Waals surface area contributed by atoms with Crippen LogP contribution in [-0.2, 0) is 4.43 Å². The van der Waals surface area contributed by atoms with Crippen LogP contribution in [0.4, 0.5) is 0 Å². The van der Waals surface area contributed by atoms with Crippen molar-refractivity contribution in [3.05, 3.63) is 24.1 Å². The molecule has 0 rings (SSSR count). The van der Waals surface area contributed by atoms with E-state index in [-0.39, 0.29) is 11.4 Å². The van der Waals surface area contributed by atoms with Gasteiger partial charge in [0.15, 0.2) is 5.88 Å². The third-order valence-corrected chi connectivity index (χ3v) is 2.60. The lowest BCUT2D eigenvalue weighted by Crippen LogP contribution is -2.24. The second kappa shape index (κ2) is 20.1. The molecule has 152 valence electrons. The maximum absolute atomic E-state index is 7.38. The van der Waals surface area contributed by atoms with Crippen molar-refractivity contribution in [3.63, 3.8) is 0 Å². The Balaban J connectivity index is -0.0000000258. The van der Waals surface area contributed by atoms with Gasteiger partial charge < -0.3 is 9.63 Å². The van der Waals surface area contributed by atoms with Crippen molar-refractivity contribution in [2.45, 2.75) is 33.5 Å². The van der Waals surface area contributed by atoms with Gasteiger partial charge in [0.05, 0.1) is 0 Å². The van der Waals surface area contributed by atoms with Crippen LogP contribution in [-0.4, -0.2) is 30.1 Å². The van der Waals surface area contributed by atoms with Crippen LogP contribution in [0, 0.1) is 60.2 Å². The first-order valence-corrected chi connectivity index (χ1v) is 11.9. The Morgan fingerprint density at radius 3 is 1.85 bits per heavy atom. The van der Waals surface area contributed by atoms with Gasteiger partial charge in [0.2, 0.25) is 8.32 Å². The second-order valence-electron chi connectivity index (χ2n) is 5.16. The SMILES string of the molecule is C#CC#CC#CC#CC#C.C=C(N=C/C(C)=C/C)O[Si](C)(C)C.ON[SiH3].[HH].[HH].[HH].[HH].[HH].[HH].[HH].[HH]. The Hall–Kier alpha value is -2.90. The molecular formula is C20H42N2O2Si2. The standard InChI is InChI=1S/C10H19NOSi.C10H2.H5NOSi.8H2/c1-7-9(2)8-11-10(3)12-13(4,5)6;1-3-5-7-9-10-8-6-4-2;2-1-3;;;;;;;;/h7-8H,3H2,1-2,4-6H3;1-2H;1-2H,3H3;8*1H/b9-7+,11-8?;;;;;;;;;;. The van der Waals surface area contributed by atoms with Gasteiger partial charge >= 0.3 is 0 Å². The van der Waals surface area contributed by atoms with E-state index in [1.807, 2.05) is 25.1 Å². The van der Waals surface area contributed by atoms with Crippen molar-refractivity contribution in [2.24, 2.45) is 4.99 Å². The van der Waals surface area contributed by atoms with Gasteiger partial charge in [-0.25, -0.2) is 10.1 Å². The maximum Gasteiger partial charge on any atom is 0.244 e. The van der Waals surface area contributed by atoms with E-state index < -0.39 is 8.32 Å². The molecule has 4 nitrogen and oxygen atoms in total. The largest absolute Gasteiger partial charge is 0.532 e. The quantitative estimate of drug-likeness (QED) is 0.249. The third kappa shape index (κ3) is 32.9. The lowest BCUT2D eigenvalue weighted by molar-refractivity contribution is 0.250. The van der Waals surface area contributed by atoms with Crippen LogP contribution >= 0.6 is 0 Å². The van der Waals surface area contributed by atoms with E-state index in [2.05, 4.69) is 78.6 Å². The van der Waals surface area contributed by atoms with E-state index in [0.29, 0.717) is 16.3 Å². The van der Waals surface area contributed by atoms with Crippen LogP contribution in [0.5, 0.6) is 0 Å². The summed E-state index contributed by atoms with van der Waals surface area (Å²) in [6.07, 6.45) is 13.4. The minimum absolute atomic E-state index is 0. The fourth-order valence-electron chi connectivity index (χ4n) is 0.825. The third-order valence-electron chi connectivity index (χ3n) is 1.75. The Bertz CT molecular complexity index is 733. The molecule has 0 saturated heterocycles. The lowest BCUT2D eigenvalue weighted by Gasteiger charge is -2.17. The summed E-state index contributed by atoms with van der Waals surface area (Å²) >= 11 is 0. The molecule has 6 heteroatoms. The summed E-state index contributed by atoms with van der Waals surface area (Å²) in [4.78, 5) is 4.11. The van der Waals surface area contributed by atoms with Crippen LogP contribution in [0.2, 0.25) is 19.6 Å². The van der Waals surface area contributed by atoms with Crippen molar-refractivity contribution in [3.8, 4) is 60.2 Å². The monoisotopic (exact) mass is 398 g/mol. The molecule has 0 heterocycles. The molecule has 0 bridgehead atoms. The summed E-state index contributed by atoms with van der Waals surface area (Å²) < 4.78 is 5.55. The average molecular weight is 399 g/mol. The molecule has 0 aromatic heterocycles. The zero-order valence-electron chi connectivity index (χ0n) is 16.3. The highest BCUT2D eigenvalue weighted by molar-refractivity contribution is 6.70. The molecule has 0 saturated carbocycles. The average Bonchev–Trinajstić information content (AvgIpc) is 2.55. The molecule has 0 unspecified atom stereocenters. The van der Waals surface area contributed by atoms with Gasteiger partial charge in [-0.15, -0.1) is 12.8 Å². The summed E-state index contributed by atoms with van der Waals surface area (Å²) in [7, 11) is -0.861. The summed E-state index contributed by atoms with van der Waals surface area (Å²) in [5.41, 5.74) is 1.11. The molecule has 0 fully saturated rings. The number of nitrogens with zero attached hydrogens (tertiary/aromatic N) is 1. The van der Waals surface area contributed by atoms with Gasteiger partial charge in [-0.2, -0.15) is 0 Å². The molecule has 0 amide bonds. The molecule has 0 radical (unpaired) electrons. The highest BCUT2D eigenvalue weighted by atomic mass is 28.4. The molecule has 0 aromatic rings. The number of allylic oxidation sites excluding steroid dienone is 2. The predicted octanol–water partition coefficient (Wildman–Crippen LogP) is 3.82. The first-order valence-electron chi connectivity index (χ1n) is 7.45. The second-order valence-corrected chi connectivity index (χ2v) is 10.0. The Kier molecular flexibility index (Phi) is 21.6. The van der Waals surface area contributed by atoms with E-state index in [1.165, 1.54) is 0 Å². The number of aliphatic imine (C=N–C) groups is 1. The van der Waals surface area contributed by atoms with Gasteiger partial charge in [-0.05, 0) is 93.0 Å². The molecular weight excluding hydrogens is 356 g/mol. The minimum Gasteiger partial charge on any atom is -0.532 e. The maximum atomic E-state index is 7.38. The molecule has 0 atom stereocenters. The van der Waals surface area contributed by atoms with Gasteiger partial charge in [-0.1, -0.05) is 6.08 Å². The van der Waals surface area contributed by atoms with Crippen molar-refractivity contribution in [1.82, 2.24) is 5.15 Å². The number of terminal acetylenes is 2. The van der Waals surface area contributed by atoms with E-state index >= 15 is 0 Å².